The largest absolute Gasteiger partial charge is 0.497 e. The van der Waals surface area contributed by atoms with Gasteiger partial charge in [0.2, 0.25) is 10.0 Å². The van der Waals surface area contributed by atoms with Crippen molar-refractivity contribution in [3.05, 3.63) is 120 Å². The van der Waals surface area contributed by atoms with Crippen LogP contribution in [0, 0.1) is 0 Å². The van der Waals surface area contributed by atoms with Crippen molar-refractivity contribution in [3.8, 4) is 34.3 Å². The van der Waals surface area contributed by atoms with Crippen LogP contribution < -0.4 is 19.9 Å². The summed E-state index contributed by atoms with van der Waals surface area (Å²) in [4.78, 5) is 17.3. The van der Waals surface area contributed by atoms with Crippen LogP contribution in [-0.2, 0) is 35.0 Å². The van der Waals surface area contributed by atoms with Crippen molar-refractivity contribution in [1.82, 2.24) is 24.7 Å². The summed E-state index contributed by atoms with van der Waals surface area (Å²) in [5.74, 6) is 0.779. The Morgan fingerprint density at radius 3 is 1.72 bits per heavy atom. The summed E-state index contributed by atoms with van der Waals surface area (Å²) in [6.07, 6.45) is -1.12. The minimum atomic E-state index is -4.47. The van der Waals surface area contributed by atoms with Gasteiger partial charge < -0.3 is 15.2 Å². The van der Waals surface area contributed by atoms with E-state index in [1.807, 2.05) is 30.3 Å². The second-order valence-electron chi connectivity index (χ2n) is 9.68. The van der Waals surface area contributed by atoms with Crippen LogP contribution in [0.1, 0.15) is 22.5 Å². The monoisotopic (exact) mass is 652 g/mol. The highest BCUT2D eigenvalue weighted by Gasteiger charge is 2.30. The lowest BCUT2D eigenvalue weighted by Gasteiger charge is -2.11. The standard InChI is InChI=1S/C20H18F3N3O3S.C12H13N3O/c1-29-17-10-16(26-19(11-17)18-4-2-3-9-24-18)12-25-30(27,28)13-14-5-7-15(8-6-14)20(21,22)23;1-16-10-6-9(8-13)15-12(7-10)11-4-2-3-5-14-11/h2-11,25H,12-13H2,1H3;2-7H,8,13H2,1H3. The highest BCUT2D eigenvalue weighted by molar-refractivity contribution is 7.88. The predicted octanol–water partition coefficient (Wildman–Crippen LogP) is 5.40. The summed E-state index contributed by atoms with van der Waals surface area (Å²) < 4.78 is 75.5. The smallest absolute Gasteiger partial charge is 0.416 e. The third-order valence-electron chi connectivity index (χ3n) is 6.35. The molecule has 0 saturated heterocycles. The number of alkyl halides is 3. The van der Waals surface area contributed by atoms with Gasteiger partial charge in [0, 0.05) is 43.2 Å². The number of benzene rings is 1. The quantitative estimate of drug-likeness (QED) is 0.203. The number of hydrogen-bond acceptors (Lipinski definition) is 9. The van der Waals surface area contributed by atoms with E-state index in [2.05, 4.69) is 24.7 Å². The molecule has 0 aliphatic carbocycles. The van der Waals surface area contributed by atoms with Gasteiger partial charge in [0.25, 0.3) is 0 Å². The Morgan fingerprint density at radius 1 is 0.739 bits per heavy atom. The van der Waals surface area contributed by atoms with Gasteiger partial charge in [-0.3, -0.25) is 9.97 Å². The zero-order chi connectivity index (χ0) is 33.2. The molecule has 0 aliphatic rings. The van der Waals surface area contributed by atoms with Crippen LogP contribution in [0.15, 0.2) is 97.3 Å². The van der Waals surface area contributed by atoms with E-state index in [4.69, 9.17) is 15.2 Å². The molecule has 46 heavy (non-hydrogen) atoms. The molecule has 10 nitrogen and oxygen atoms in total. The molecule has 5 rings (SSSR count). The molecule has 4 aromatic heterocycles. The number of halogens is 3. The number of nitrogens with two attached hydrogens (primary N) is 1. The predicted molar refractivity (Wildman–Crippen MR) is 167 cm³/mol. The molecule has 4 heterocycles. The lowest BCUT2D eigenvalue weighted by molar-refractivity contribution is -0.137. The SMILES string of the molecule is COc1cc(CN)nc(-c2ccccn2)c1.COc1cc(CNS(=O)(=O)Cc2ccc(C(F)(F)F)cc2)nc(-c2ccccn2)c1. The zero-order valence-electron chi connectivity index (χ0n) is 24.9. The van der Waals surface area contributed by atoms with Crippen LogP contribution >= 0.6 is 0 Å². The van der Waals surface area contributed by atoms with E-state index in [1.54, 1.807) is 49.8 Å². The molecule has 0 saturated carbocycles. The third-order valence-corrected chi connectivity index (χ3v) is 7.65. The van der Waals surface area contributed by atoms with Gasteiger partial charge in [-0.05, 0) is 42.0 Å². The normalized spacial score (nSPS) is 11.3. The average Bonchev–Trinajstić information content (AvgIpc) is 3.07. The molecule has 0 aliphatic heterocycles. The minimum Gasteiger partial charge on any atom is -0.497 e. The summed E-state index contributed by atoms with van der Waals surface area (Å²) in [6.45, 7) is 0.275. The average molecular weight is 653 g/mol. The Morgan fingerprint density at radius 2 is 1.26 bits per heavy atom. The van der Waals surface area contributed by atoms with E-state index in [1.165, 1.54) is 7.11 Å². The van der Waals surface area contributed by atoms with Crippen LogP contribution in [0.5, 0.6) is 11.5 Å². The van der Waals surface area contributed by atoms with Gasteiger partial charge in [0.05, 0.1) is 66.2 Å². The summed E-state index contributed by atoms with van der Waals surface area (Å²) in [5.41, 5.74) is 8.90. The number of rotatable bonds is 10. The molecular formula is C32H31F3N6O4S. The van der Waals surface area contributed by atoms with Crippen molar-refractivity contribution < 1.29 is 31.1 Å². The van der Waals surface area contributed by atoms with Gasteiger partial charge in [0.1, 0.15) is 11.5 Å². The summed E-state index contributed by atoms with van der Waals surface area (Å²) in [6, 6.07) is 22.0. The van der Waals surface area contributed by atoms with Crippen molar-refractivity contribution in [2.75, 3.05) is 14.2 Å². The lowest BCUT2D eigenvalue weighted by Crippen LogP contribution is -2.25. The molecule has 0 fully saturated rings. The maximum Gasteiger partial charge on any atom is 0.416 e. The Hall–Kier alpha value is -4.92. The first-order valence-corrected chi connectivity index (χ1v) is 15.4. The first-order chi connectivity index (χ1) is 22.0. The topological polar surface area (TPSA) is 142 Å². The fourth-order valence-corrected chi connectivity index (χ4v) is 5.19. The fourth-order valence-electron chi connectivity index (χ4n) is 4.09. The molecular weight excluding hydrogens is 621 g/mol. The molecule has 1 aromatic carbocycles. The van der Waals surface area contributed by atoms with Crippen molar-refractivity contribution in [3.63, 3.8) is 0 Å². The van der Waals surface area contributed by atoms with Gasteiger partial charge in [-0.25, -0.2) is 23.1 Å². The maximum atomic E-state index is 12.6. The second-order valence-corrected chi connectivity index (χ2v) is 11.5. The first kappa shape index (κ1) is 34.0. The van der Waals surface area contributed by atoms with Gasteiger partial charge in [0.15, 0.2) is 0 Å². The highest BCUT2D eigenvalue weighted by Crippen LogP contribution is 2.29. The number of nitrogens with one attached hydrogen (secondary N) is 1. The van der Waals surface area contributed by atoms with E-state index in [0.717, 1.165) is 47.1 Å². The van der Waals surface area contributed by atoms with Gasteiger partial charge in [-0.15, -0.1) is 0 Å². The number of sulfonamides is 1. The van der Waals surface area contributed by atoms with Crippen LogP contribution in [0.4, 0.5) is 13.2 Å². The molecule has 0 unspecified atom stereocenters. The molecule has 0 bridgehead atoms. The van der Waals surface area contributed by atoms with E-state index in [9.17, 15) is 21.6 Å². The van der Waals surface area contributed by atoms with E-state index >= 15 is 0 Å². The van der Waals surface area contributed by atoms with Gasteiger partial charge >= 0.3 is 6.18 Å². The molecule has 240 valence electrons. The number of aromatic nitrogens is 4. The maximum absolute atomic E-state index is 12.6. The van der Waals surface area contributed by atoms with E-state index in [-0.39, 0.29) is 12.1 Å². The molecule has 0 atom stereocenters. The van der Waals surface area contributed by atoms with E-state index < -0.39 is 27.5 Å². The van der Waals surface area contributed by atoms with Crippen LogP contribution in [-0.4, -0.2) is 42.6 Å². The molecule has 5 aromatic rings. The van der Waals surface area contributed by atoms with Crippen LogP contribution in [0.25, 0.3) is 22.8 Å². The highest BCUT2D eigenvalue weighted by atomic mass is 32.2. The molecule has 0 radical (unpaired) electrons. The van der Waals surface area contributed by atoms with Crippen LogP contribution in [0.2, 0.25) is 0 Å². The zero-order valence-corrected chi connectivity index (χ0v) is 25.7. The molecule has 14 heteroatoms. The Balaban J connectivity index is 0.000000252. The van der Waals surface area contributed by atoms with Crippen molar-refractivity contribution in [1.29, 1.82) is 0 Å². The molecule has 0 amide bonds. The van der Waals surface area contributed by atoms with Crippen molar-refractivity contribution in [2.24, 2.45) is 5.73 Å². The second kappa shape index (κ2) is 15.4. The number of ether oxygens (including phenoxy) is 2. The number of methoxy groups -OCH3 is 2. The lowest BCUT2D eigenvalue weighted by atomic mass is 10.1. The Bertz CT molecular complexity index is 1810. The number of hydrogen-bond donors (Lipinski definition) is 2. The third kappa shape index (κ3) is 9.79. The summed E-state index contributed by atoms with van der Waals surface area (Å²) in [5, 5.41) is 0. The first-order valence-electron chi connectivity index (χ1n) is 13.8. The number of nitrogens with zero attached hydrogens (tertiary/aromatic N) is 4. The minimum absolute atomic E-state index is 0.111. The summed E-state index contributed by atoms with van der Waals surface area (Å²) in [7, 11) is -0.701. The molecule has 0 spiro atoms. The van der Waals surface area contributed by atoms with E-state index in [0.29, 0.717) is 29.4 Å². The van der Waals surface area contributed by atoms with Gasteiger partial charge in [-0.2, -0.15) is 13.2 Å². The Labute approximate surface area is 264 Å². The number of pyridine rings is 4. The van der Waals surface area contributed by atoms with Gasteiger partial charge in [-0.1, -0.05) is 24.3 Å². The van der Waals surface area contributed by atoms with Crippen LogP contribution in [0.3, 0.4) is 0 Å². The van der Waals surface area contributed by atoms with Crippen molar-refractivity contribution >= 4 is 10.0 Å². The molecule has 3 N–H and O–H groups in total. The Kier molecular flexibility index (Phi) is 11.4. The summed E-state index contributed by atoms with van der Waals surface area (Å²) >= 11 is 0. The fraction of sp³-hybridized carbons (Fsp3) is 0.188. The van der Waals surface area contributed by atoms with Crippen molar-refractivity contribution in [2.45, 2.75) is 25.0 Å².